The number of anilines is 2. The quantitative estimate of drug-likeness (QED) is 0.839. The molecule has 0 spiro atoms. The number of rotatable bonds is 3. The molecule has 20 heavy (non-hydrogen) atoms. The molecule has 0 saturated heterocycles. The van der Waals surface area contributed by atoms with E-state index in [1.807, 2.05) is 37.3 Å². The lowest BCUT2D eigenvalue weighted by molar-refractivity contribution is 0.415. The van der Waals surface area contributed by atoms with E-state index in [9.17, 15) is 4.39 Å². The SMILES string of the molecule is COc1ccc(NC(=S)Nc2ccc(C)cc2F)cc1. The van der Waals surface area contributed by atoms with Crippen LogP contribution in [0.25, 0.3) is 0 Å². The van der Waals surface area contributed by atoms with Crippen LogP contribution >= 0.6 is 12.2 Å². The first kappa shape index (κ1) is 14.3. The van der Waals surface area contributed by atoms with Crippen molar-refractivity contribution >= 4 is 28.7 Å². The van der Waals surface area contributed by atoms with Gasteiger partial charge in [0.1, 0.15) is 11.6 Å². The lowest BCUT2D eigenvalue weighted by Crippen LogP contribution is -2.19. The summed E-state index contributed by atoms with van der Waals surface area (Å²) >= 11 is 5.15. The summed E-state index contributed by atoms with van der Waals surface area (Å²) < 4.78 is 18.8. The first-order valence-corrected chi connectivity index (χ1v) is 6.47. The van der Waals surface area contributed by atoms with Gasteiger partial charge in [0, 0.05) is 5.69 Å². The molecule has 2 rings (SSSR count). The molecule has 2 N–H and O–H groups in total. The van der Waals surface area contributed by atoms with Gasteiger partial charge < -0.3 is 15.4 Å². The van der Waals surface area contributed by atoms with Gasteiger partial charge in [0.2, 0.25) is 0 Å². The molecule has 0 aliphatic heterocycles. The summed E-state index contributed by atoms with van der Waals surface area (Å²) in [4.78, 5) is 0. The summed E-state index contributed by atoms with van der Waals surface area (Å²) in [6.45, 7) is 1.83. The molecule has 0 fully saturated rings. The first-order valence-electron chi connectivity index (χ1n) is 6.06. The Kier molecular flexibility index (Phi) is 4.53. The summed E-state index contributed by atoms with van der Waals surface area (Å²) in [6, 6.07) is 12.2. The highest BCUT2D eigenvalue weighted by Gasteiger charge is 2.04. The Balaban J connectivity index is 2.01. The molecule has 0 saturated carbocycles. The highest BCUT2D eigenvalue weighted by atomic mass is 32.1. The summed E-state index contributed by atoms with van der Waals surface area (Å²) in [5, 5.41) is 6.14. The zero-order valence-electron chi connectivity index (χ0n) is 11.2. The van der Waals surface area contributed by atoms with Crippen molar-refractivity contribution in [2.75, 3.05) is 17.7 Å². The van der Waals surface area contributed by atoms with Gasteiger partial charge in [-0.2, -0.15) is 0 Å². The monoisotopic (exact) mass is 290 g/mol. The lowest BCUT2D eigenvalue weighted by Gasteiger charge is -2.12. The van der Waals surface area contributed by atoms with Gasteiger partial charge in [0.05, 0.1) is 12.8 Å². The minimum atomic E-state index is -0.330. The summed E-state index contributed by atoms with van der Waals surface area (Å²) in [6.07, 6.45) is 0. The summed E-state index contributed by atoms with van der Waals surface area (Å²) in [5.41, 5.74) is 2.01. The van der Waals surface area contributed by atoms with Crippen LogP contribution < -0.4 is 15.4 Å². The van der Waals surface area contributed by atoms with Crippen molar-refractivity contribution in [3.05, 3.63) is 53.8 Å². The van der Waals surface area contributed by atoms with Gasteiger partial charge in [0.15, 0.2) is 5.11 Å². The molecular formula is C15H15FN2OS. The van der Waals surface area contributed by atoms with E-state index in [0.29, 0.717) is 10.8 Å². The van der Waals surface area contributed by atoms with Crippen molar-refractivity contribution in [1.29, 1.82) is 0 Å². The average molecular weight is 290 g/mol. The Hall–Kier alpha value is -2.14. The standard InChI is InChI=1S/C15H15FN2OS/c1-10-3-8-14(13(16)9-10)18-15(20)17-11-4-6-12(19-2)7-5-11/h3-9H,1-2H3,(H2,17,18,20). The molecule has 0 atom stereocenters. The lowest BCUT2D eigenvalue weighted by atomic mass is 10.2. The van der Waals surface area contributed by atoms with E-state index in [0.717, 1.165) is 17.0 Å². The third-order valence-corrected chi connectivity index (χ3v) is 2.92. The van der Waals surface area contributed by atoms with Crippen LogP contribution in [-0.4, -0.2) is 12.2 Å². The molecule has 3 nitrogen and oxygen atoms in total. The third kappa shape index (κ3) is 3.68. The Labute approximate surface area is 122 Å². The summed E-state index contributed by atoms with van der Waals surface area (Å²) in [5.74, 6) is 0.433. The van der Waals surface area contributed by atoms with E-state index < -0.39 is 0 Å². The van der Waals surface area contributed by atoms with Crippen LogP contribution in [0.2, 0.25) is 0 Å². The second kappa shape index (κ2) is 6.34. The number of halogens is 1. The van der Waals surface area contributed by atoms with Crippen molar-refractivity contribution in [3.63, 3.8) is 0 Å². The van der Waals surface area contributed by atoms with Crippen molar-refractivity contribution in [2.24, 2.45) is 0 Å². The molecule has 0 unspecified atom stereocenters. The van der Waals surface area contributed by atoms with Gasteiger partial charge in [-0.15, -0.1) is 0 Å². The van der Waals surface area contributed by atoms with Crippen LogP contribution in [0.15, 0.2) is 42.5 Å². The number of hydrogen-bond acceptors (Lipinski definition) is 2. The van der Waals surface area contributed by atoms with E-state index in [2.05, 4.69) is 10.6 Å². The zero-order chi connectivity index (χ0) is 14.5. The maximum absolute atomic E-state index is 13.7. The number of thiocarbonyl (C=S) groups is 1. The second-order valence-electron chi connectivity index (χ2n) is 4.29. The smallest absolute Gasteiger partial charge is 0.175 e. The fraction of sp³-hybridized carbons (Fsp3) is 0.133. The number of nitrogens with one attached hydrogen (secondary N) is 2. The number of benzene rings is 2. The maximum atomic E-state index is 13.7. The Morgan fingerprint density at radius 1 is 1.10 bits per heavy atom. The molecule has 0 aliphatic rings. The predicted octanol–water partition coefficient (Wildman–Crippen LogP) is 3.95. The van der Waals surface area contributed by atoms with E-state index in [1.165, 1.54) is 6.07 Å². The van der Waals surface area contributed by atoms with Gasteiger partial charge in [-0.3, -0.25) is 0 Å². The van der Waals surface area contributed by atoms with Crippen molar-refractivity contribution in [3.8, 4) is 5.75 Å². The fourth-order valence-electron chi connectivity index (χ4n) is 1.68. The number of methoxy groups -OCH3 is 1. The molecule has 0 amide bonds. The number of ether oxygens (including phenoxy) is 1. The van der Waals surface area contributed by atoms with Gasteiger partial charge in [-0.25, -0.2) is 4.39 Å². The molecule has 0 radical (unpaired) electrons. The second-order valence-corrected chi connectivity index (χ2v) is 4.70. The molecule has 0 aromatic heterocycles. The molecule has 5 heteroatoms. The minimum absolute atomic E-state index is 0.330. The fourth-order valence-corrected chi connectivity index (χ4v) is 1.91. The Morgan fingerprint density at radius 2 is 1.80 bits per heavy atom. The molecule has 0 bridgehead atoms. The first-order chi connectivity index (χ1) is 9.58. The summed E-state index contributed by atoms with van der Waals surface area (Å²) in [7, 11) is 1.61. The largest absolute Gasteiger partial charge is 0.497 e. The van der Waals surface area contributed by atoms with Crippen molar-refractivity contribution < 1.29 is 9.13 Å². The molecule has 104 valence electrons. The Bertz CT molecular complexity index is 614. The van der Waals surface area contributed by atoms with Crippen LogP contribution in [0.3, 0.4) is 0 Å². The van der Waals surface area contributed by atoms with Crippen molar-refractivity contribution in [1.82, 2.24) is 0 Å². The van der Waals surface area contributed by atoms with E-state index >= 15 is 0 Å². The van der Waals surface area contributed by atoms with Crippen LogP contribution in [0.4, 0.5) is 15.8 Å². The van der Waals surface area contributed by atoms with Gasteiger partial charge in [-0.05, 0) is 61.1 Å². The van der Waals surface area contributed by atoms with Crippen LogP contribution in [0.5, 0.6) is 5.75 Å². The molecule has 0 heterocycles. The highest BCUT2D eigenvalue weighted by Crippen LogP contribution is 2.17. The van der Waals surface area contributed by atoms with Crippen LogP contribution in [-0.2, 0) is 0 Å². The zero-order valence-corrected chi connectivity index (χ0v) is 12.1. The Morgan fingerprint density at radius 3 is 2.40 bits per heavy atom. The van der Waals surface area contributed by atoms with E-state index in [4.69, 9.17) is 17.0 Å². The number of hydrogen-bond donors (Lipinski definition) is 2. The molecule has 2 aromatic rings. The van der Waals surface area contributed by atoms with Crippen LogP contribution in [0, 0.1) is 12.7 Å². The minimum Gasteiger partial charge on any atom is -0.497 e. The molecule has 0 aliphatic carbocycles. The molecular weight excluding hydrogens is 275 g/mol. The predicted molar refractivity (Wildman–Crippen MR) is 84.0 cm³/mol. The number of aryl methyl sites for hydroxylation is 1. The average Bonchev–Trinajstić information content (AvgIpc) is 2.43. The van der Waals surface area contributed by atoms with Crippen molar-refractivity contribution in [2.45, 2.75) is 6.92 Å². The third-order valence-electron chi connectivity index (χ3n) is 2.72. The molecule has 2 aromatic carbocycles. The van der Waals surface area contributed by atoms with Gasteiger partial charge in [0.25, 0.3) is 0 Å². The van der Waals surface area contributed by atoms with Gasteiger partial charge >= 0.3 is 0 Å². The normalized spacial score (nSPS) is 9.95. The highest BCUT2D eigenvalue weighted by molar-refractivity contribution is 7.80. The maximum Gasteiger partial charge on any atom is 0.175 e. The van der Waals surface area contributed by atoms with E-state index in [-0.39, 0.29) is 5.82 Å². The van der Waals surface area contributed by atoms with Crippen LogP contribution in [0.1, 0.15) is 5.56 Å². The van der Waals surface area contributed by atoms with E-state index in [1.54, 1.807) is 13.2 Å². The topological polar surface area (TPSA) is 33.3 Å². The van der Waals surface area contributed by atoms with Gasteiger partial charge in [-0.1, -0.05) is 6.07 Å².